The van der Waals surface area contributed by atoms with Crippen LogP contribution in [0, 0.1) is 5.92 Å². The summed E-state index contributed by atoms with van der Waals surface area (Å²) in [4.78, 5) is 34.8. The first-order valence-corrected chi connectivity index (χ1v) is 9.36. The number of oxazole rings is 1. The zero-order chi connectivity index (χ0) is 20.1. The van der Waals surface area contributed by atoms with E-state index in [2.05, 4.69) is 15.3 Å². The van der Waals surface area contributed by atoms with Crippen molar-refractivity contribution in [1.82, 2.24) is 14.9 Å². The van der Waals surface area contributed by atoms with Gasteiger partial charge in [0.2, 0.25) is 11.7 Å². The summed E-state index contributed by atoms with van der Waals surface area (Å²) in [5, 5.41) is 2.94. The highest BCUT2D eigenvalue weighted by molar-refractivity contribution is 5.95. The molecule has 148 valence electrons. The molecule has 1 aromatic carbocycles. The minimum Gasteiger partial charge on any atom is -0.454 e. The van der Waals surface area contributed by atoms with Crippen LogP contribution in [0.25, 0.3) is 0 Å². The third-order valence-electron chi connectivity index (χ3n) is 4.73. The molecule has 3 aromatic rings. The van der Waals surface area contributed by atoms with Gasteiger partial charge < -0.3 is 19.4 Å². The number of piperidine rings is 1. The van der Waals surface area contributed by atoms with E-state index in [9.17, 15) is 9.59 Å². The molecule has 1 atom stereocenters. The van der Waals surface area contributed by atoms with Crippen molar-refractivity contribution in [3.05, 3.63) is 67.1 Å². The van der Waals surface area contributed by atoms with E-state index in [1.807, 2.05) is 12.1 Å². The summed E-state index contributed by atoms with van der Waals surface area (Å²) < 4.78 is 10.9. The first kappa shape index (κ1) is 18.7. The van der Waals surface area contributed by atoms with Crippen LogP contribution >= 0.6 is 0 Å². The molecule has 0 bridgehead atoms. The van der Waals surface area contributed by atoms with Crippen molar-refractivity contribution in [3.8, 4) is 11.5 Å². The molecule has 0 saturated carbocycles. The van der Waals surface area contributed by atoms with E-state index in [4.69, 9.17) is 9.15 Å². The standard InChI is InChI=1S/C21H20N4O4/c26-20(15-5-4-10-25(13-15)21(27)19-12-23-14-28-19)24-17-7-1-2-8-18(17)29-16-6-3-9-22-11-16/h1-3,6-9,11-12,14-15H,4-5,10,13H2,(H,24,26)/t15-/m1/s1. The van der Waals surface area contributed by atoms with Crippen molar-refractivity contribution in [2.75, 3.05) is 18.4 Å². The van der Waals surface area contributed by atoms with Gasteiger partial charge in [-0.05, 0) is 37.1 Å². The molecule has 4 rings (SSSR count). The second kappa shape index (κ2) is 8.55. The second-order valence-electron chi connectivity index (χ2n) is 6.73. The van der Waals surface area contributed by atoms with Crippen molar-refractivity contribution in [2.24, 2.45) is 5.92 Å². The zero-order valence-corrected chi connectivity index (χ0v) is 15.7. The Hall–Kier alpha value is -3.68. The van der Waals surface area contributed by atoms with Crippen LogP contribution in [0.5, 0.6) is 11.5 Å². The molecular weight excluding hydrogens is 372 g/mol. The minimum atomic E-state index is -0.318. The summed E-state index contributed by atoms with van der Waals surface area (Å²) in [6, 6.07) is 10.8. The van der Waals surface area contributed by atoms with Gasteiger partial charge in [0.05, 0.1) is 24.0 Å². The number of ether oxygens (including phenoxy) is 1. The van der Waals surface area contributed by atoms with Crippen LogP contribution in [0.4, 0.5) is 5.69 Å². The predicted octanol–water partition coefficient (Wildman–Crippen LogP) is 3.35. The van der Waals surface area contributed by atoms with E-state index in [1.165, 1.54) is 12.6 Å². The Labute approximate surface area is 167 Å². The van der Waals surface area contributed by atoms with Gasteiger partial charge in [0.15, 0.2) is 12.1 Å². The van der Waals surface area contributed by atoms with E-state index in [0.29, 0.717) is 36.7 Å². The maximum absolute atomic E-state index is 12.9. The Morgan fingerprint density at radius 1 is 1.14 bits per heavy atom. The molecule has 2 aromatic heterocycles. The lowest BCUT2D eigenvalue weighted by molar-refractivity contribution is -0.121. The van der Waals surface area contributed by atoms with E-state index in [-0.39, 0.29) is 23.5 Å². The number of rotatable bonds is 5. The molecule has 0 unspecified atom stereocenters. The molecule has 3 heterocycles. The highest BCUT2D eigenvalue weighted by Crippen LogP contribution is 2.30. The van der Waals surface area contributed by atoms with E-state index in [1.54, 1.807) is 41.6 Å². The van der Waals surface area contributed by atoms with Gasteiger partial charge in [-0.25, -0.2) is 4.98 Å². The molecule has 2 amide bonds. The average Bonchev–Trinajstić information content (AvgIpc) is 3.30. The number of likely N-dealkylation sites (tertiary alicyclic amines) is 1. The number of hydrogen-bond acceptors (Lipinski definition) is 6. The molecule has 0 spiro atoms. The van der Waals surface area contributed by atoms with Crippen molar-refractivity contribution >= 4 is 17.5 Å². The lowest BCUT2D eigenvalue weighted by Crippen LogP contribution is -2.43. The number of benzene rings is 1. The molecule has 1 N–H and O–H groups in total. The van der Waals surface area contributed by atoms with Crippen molar-refractivity contribution in [2.45, 2.75) is 12.8 Å². The van der Waals surface area contributed by atoms with Gasteiger partial charge >= 0.3 is 0 Å². The number of para-hydroxylation sites is 2. The van der Waals surface area contributed by atoms with Gasteiger partial charge in [-0.2, -0.15) is 0 Å². The van der Waals surface area contributed by atoms with Gasteiger partial charge in [0.1, 0.15) is 5.75 Å². The Balaban J connectivity index is 1.43. The number of amides is 2. The summed E-state index contributed by atoms with van der Waals surface area (Å²) in [7, 11) is 0. The summed E-state index contributed by atoms with van der Waals surface area (Å²) in [6.07, 6.45) is 7.32. The molecule has 0 aliphatic carbocycles. The molecule has 8 nitrogen and oxygen atoms in total. The maximum atomic E-state index is 12.9. The third-order valence-corrected chi connectivity index (χ3v) is 4.73. The lowest BCUT2D eigenvalue weighted by atomic mass is 9.96. The number of carbonyl (C=O) groups excluding carboxylic acids is 2. The fourth-order valence-electron chi connectivity index (χ4n) is 3.28. The van der Waals surface area contributed by atoms with Crippen LogP contribution in [0.2, 0.25) is 0 Å². The van der Waals surface area contributed by atoms with Gasteiger partial charge in [-0.3, -0.25) is 14.6 Å². The topological polar surface area (TPSA) is 97.6 Å². The molecule has 8 heteroatoms. The summed E-state index contributed by atoms with van der Waals surface area (Å²) in [5.74, 6) is 0.570. The number of nitrogens with one attached hydrogen (secondary N) is 1. The highest BCUT2D eigenvalue weighted by atomic mass is 16.5. The fourth-order valence-corrected chi connectivity index (χ4v) is 3.28. The predicted molar refractivity (Wildman–Crippen MR) is 105 cm³/mol. The van der Waals surface area contributed by atoms with E-state index < -0.39 is 0 Å². The van der Waals surface area contributed by atoms with Gasteiger partial charge in [-0.1, -0.05) is 12.1 Å². The summed E-state index contributed by atoms with van der Waals surface area (Å²) in [5.41, 5.74) is 0.569. The Kier molecular flexibility index (Phi) is 5.51. The number of anilines is 1. The maximum Gasteiger partial charge on any atom is 0.291 e. The summed E-state index contributed by atoms with van der Waals surface area (Å²) in [6.45, 7) is 0.918. The number of carbonyl (C=O) groups is 2. The number of nitrogens with zero attached hydrogens (tertiary/aromatic N) is 3. The van der Waals surface area contributed by atoms with Crippen LogP contribution in [-0.4, -0.2) is 39.8 Å². The quantitative estimate of drug-likeness (QED) is 0.715. The number of aromatic nitrogens is 2. The highest BCUT2D eigenvalue weighted by Gasteiger charge is 2.30. The Morgan fingerprint density at radius 2 is 2.03 bits per heavy atom. The van der Waals surface area contributed by atoms with Crippen LogP contribution in [0.15, 0.2) is 65.8 Å². The zero-order valence-electron chi connectivity index (χ0n) is 15.7. The molecule has 1 fully saturated rings. The fraction of sp³-hybridized carbons (Fsp3) is 0.238. The first-order chi connectivity index (χ1) is 14.2. The van der Waals surface area contributed by atoms with Gasteiger partial charge in [0.25, 0.3) is 5.91 Å². The molecule has 1 saturated heterocycles. The monoisotopic (exact) mass is 392 g/mol. The number of pyridine rings is 1. The summed E-state index contributed by atoms with van der Waals surface area (Å²) >= 11 is 0. The SMILES string of the molecule is O=C(Nc1ccccc1Oc1cccnc1)[C@@H]1CCCN(C(=O)c2cnco2)C1. The molecule has 1 aliphatic rings. The van der Waals surface area contributed by atoms with Crippen molar-refractivity contribution in [3.63, 3.8) is 0 Å². The van der Waals surface area contributed by atoms with Crippen LogP contribution in [0.3, 0.4) is 0 Å². The van der Waals surface area contributed by atoms with Crippen LogP contribution in [0.1, 0.15) is 23.4 Å². The van der Waals surface area contributed by atoms with Gasteiger partial charge in [-0.15, -0.1) is 0 Å². The van der Waals surface area contributed by atoms with E-state index >= 15 is 0 Å². The Morgan fingerprint density at radius 3 is 2.83 bits per heavy atom. The van der Waals surface area contributed by atoms with Gasteiger partial charge in [0, 0.05) is 19.3 Å². The molecular formula is C21H20N4O4. The normalized spacial score (nSPS) is 16.3. The number of hydrogen-bond donors (Lipinski definition) is 1. The van der Waals surface area contributed by atoms with Crippen molar-refractivity contribution < 1.29 is 18.7 Å². The molecule has 1 aliphatic heterocycles. The van der Waals surface area contributed by atoms with E-state index in [0.717, 1.165) is 6.42 Å². The molecule has 0 radical (unpaired) electrons. The lowest BCUT2D eigenvalue weighted by Gasteiger charge is -2.31. The second-order valence-corrected chi connectivity index (χ2v) is 6.73. The average molecular weight is 392 g/mol. The smallest absolute Gasteiger partial charge is 0.291 e. The van der Waals surface area contributed by atoms with Crippen LogP contribution < -0.4 is 10.1 Å². The first-order valence-electron chi connectivity index (χ1n) is 9.36. The minimum absolute atomic E-state index is 0.151. The Bertz CT molecular complexity index is 975. The largest absolute Gasteiger partial charge is 0.454 e. The van der Waals surface area contributed by atoms with Crippen molar-refractivity contribution in [1.29, 1.82) is 0 Å². The van der Waals surface area contributed by atoms with Crippen LogP contribution in [-0.2, 0) is 4.79 Å². The molecule has 29 heavy (non-hydrogen) atoms. The third kappa shape index (κ3) is 4.43.